The molecule has 5 N–H and O–H groups in total. The average molecular weight is 529 g/mol. The van der Waals surface area contributed by atoms with Gasteiger partial charge in [0.1, 0.15) is 5.69 Å². The Morgan fingerprint density at radius 1 is 1.05 bits per heavy atom. The summed E-state index contributed by atoms with van der Waals surface area (Å²) in [5.74, 6) is -0.487. The molecule has 0 radical (unpaired) electrons. The highest BCUT2D eigenvalue weighted by atomic mass is 32.3. The van der Waals surface area contributed by atoms with Crippen LogP contribution in [0, 0.1) is 0 Å². The number of nitrogens with zero attached hydrogens (tertiary/aromatic N) is 2. The lowest BCUT2D eigenvalue weighted by atomic mass is 10.0. The smallest absolute Gasteiger partial charge is 0.326 e. The number of halogens is 3. The Labute approximate surface area is 212 Å². The summed E-state index contributed by atoms with van der Waals surface area (Å²) in [6.07, 6.45) is -4.15. The van der Waals surface area contributed by atoms with E-state index < -0.39 is 28.4 Å². The van der Waals surface area contributed by atoms with Crippen molar-refractivity contribution in [3.63, 3.8) is 0 Å². The van der Waals surface area contributed by atoms with E-state index in [2.05, 4.69) is 10.4 Å². The van der Waals surface area contributed by atoms with Crippen molar-refractivity contribution in [2.75, 3.05) is 11.1 Å². The van der Waals surface area contributed by atoms with Gasteiger partial charge in [0.25, 0.3) is 5.91 Å². The number of aryl methyl sites for hydroxylation is 1. The van der Waals surface area contributed by atoms with Gasteiger partial charge in [0.2, 0.25) is 0 Å². The molecule has 7 nitrogen and oxygen atoms in total. The van der Waals surface area contributed by atoms with Crippen LogP contribution in [0.2, 0.25) is 0 Å². The SMILES string of the molecule is NCc1cccc(-n2nc(C(F)(F)F)cc2C(=O)Nc2ccc(-c3cccc4c3S(O)(O)CC4)cc2)c1. The lowest BCUT2D eigenvalue weighted by Crippen LogP contribution is -2.17. The summed E-state index contributed by atoms with van der Waals surface area (Å²) < 4.78 is 62.2. The molecule has 4 aromatic rings. The van der Waals surface area contributed by atoms with Crippen LogP contribution in [0.1, 0.15) is 27.3 Å². The van der Waals surface area contributed by atoms with Crippen LogP contribution in [0.5, 0.6) is 0 Å². The minimum atomic E-state index is -4.74. The van der Waals surface area contributed by atoms with E-state index in [0.29, 0.717) is 34.2 Å². The first-order valence-electron chi connectivity index (χ1n) is 11.3. The molecule has 1 amide bonds. The van der Waals surface area contributed by atoms with Crippen molar-refractivity contribution in [1.82, 2.24) is 9.78 Å². The molecule has 0 atom stereocenters. The number of alkyl halides is 3. The third-order valence-corrected chi connectivity index (χ3v) is 8.07. The van der Waals surface area contributed by atoms with Crippen LogP contribution in [0.15, 0.2) is 77.7 Å². The number of rotatable bonds is 5. The molecule has 0 fully saturated rings. The van der Waals surface area contributed by atoms with Gasteiger partial charge in [-0.2, -0.15) is 28.9 Å². The number of nitrogens with two attached hydrogens (primary N) is 1. The second kappa shape index (κ2) is 9.34. The van der Waals surface area contributed by atoms with Crippen LogP contribution in [-0.4, -0.2) is 30.5 Å². The molecule has 0 saturated carbocycles. The number of carbonyl (C=O) groups is 1. The summed E-state index contributed by atoms with van der Waals surface area (Å²) in [6.45, 7) is 0.176. The third-order valence-electron chi connectivity index (χ3n) is 6.16. The Bertz CT molecular complexity index is 1480. The molecule has 192 valence electrons. The van der Waals surface area contributed by atoms with Crippen molar-refractivity contribution in [1.29, 1.82) is 0 Å². The molecule has 3 aromatic carbocycles. The highest BCUT2D eigenvalue weighted by molar-refractivity contribution is 8.24. The average Bonchev–Trinajstić information content (AvgIpc) is 3.47. The van der Waals surface area contributed by atoms with E-state index in [4.69, 9.17) is 5.73 Å². The topological polar surface area (TPSA) is 113 Å². The van der Waals surface area contributed by atoms with E-state index >= 15 is 0 Å². The molecular weight excluding hydrogens is 505 g/mol. The Morgan fingerprint density at radius 3 is 2.49 bits per heavy atom. The van der Waals surface area contributed by atoms with Gasteiger partial charge in [-0.15, -0.1) is 0 Å². The second-order valence-electron chi connectivity index (χ2n) is 8.64. The van der Waals surface area contributed by atoms with Gasteiger partial charge in [-0.1, -0.05) is 42.5 Å². The normalized spacial score (nSPS) is 15.3. The maximum atomic E-state index is 13.4. The number of aromatic nitrogens is 2. The molecule has 2 heterocycles. The number of fused-ring (bicyclic) bond motifs is 1. The van der Waals surface area contributed by atoms with E-state index in [1.54, 1.807) is 54.6 Å². The molecule has 0 spiro atoms. The van der Waals surface area contributed by atoms with E-state index in [1.165, 1.54) is 0 Å². The van der Waals surface area contributed by atoms with Gasteiger partial charge in [-0.05, 0) is 47.4 Å². The zero-order chi connectivity index (χ0) is 26.4. The standard InChI is InChI=1S/C26H23F3N4O3S/c27-26(28,29)23-14-22(33(32-23)20-5-1-3-16(13-20)15-30)25(34)31-19-9-7-17(8-10-19)21-6-2-4-18-11-12-37(35,36)24(18)21/h1-10,13-14,35-36H,11-12,15,30H2,(H,31,34). The highest BCUT2D eigenvalue weighted by Gasteiger charge is 2.36. The molecular formula is C26H23F3N4O3S. The van der Waals surface area contributed by atoms with Gasteiger partial charge in [0.15, 0.2) is 5.69 Å². The molecule has 1 aliphatic heterocycles. The van der Waals surface area contributed by atoms with Crippen molar-refractivity contribution in [2.45, 2.75) is 24.0 Å². The zero-order valence-electron chi connectivity index (χ0n) is 19.4. The number of anilines is 1. The van der Waals surface area contributed by atoms with E-state index in [1.807, 2.05) is 12.1 Å². The van der Waals surface area contributed by atoms with Gasteiger partial charge in [0.05, 0.1) is 10.6 Å². The molecule has 1 aliphatic rings. The first kappa shape index (κ1) is 25.0. The van der Waals surface area contributed by atoms with Gasteiger partial charge in [-0.25, -0.2) is 4.68 Å². The number of hydrogen-bond acceptors (Lipinski definition) is 5. The van der Waals surface area contributed by atoms with Crippen LogP contribution in [0.3, 0.4) is 0 Å². The fourth-order valence-corrected chi connectivity index (χ4v) is 6.21. The summed E-state index contributed by atoms with van der Waals surface area (Å²) in [5, 5.41) is 6.26. The van der Waals surface area contributed by atoms with E-state index in [-0.39, 0.29) is 23.7 Å². The van der Waals surface area contributed by atoms with Crippen LogP contribution < -0.4 is 11.1 Å². The number of carbonyl (C=O) groups excluding carboxylic acids is 1. The monoisotopic (exact) mass is 528 g/mol. The van der Waals surface area contributed by atoms with E-state index in [9.17, 15) is 27.1 Å². The predicted octanol–water partition coefficient (Wildman–Crippen LogP) is 5.93. The fourth-order valence-electron chi connectivity index (χ4n) is 4.37. The summed E-state index contributed by atoms with van der Waals surface area (Å²) >= 11 is 0. The Kier molecular flexibility index (Phi) is 6.32. The van der Waals surface area contributed by atoms with Gasteiger partial charge < -0.3 is 11.1 Å². The Hall–Kier alpha value is -3.64. The molecule has 0 saturated heterocycles. The minimum absolute atomic E-state index is 0.176. The van der Waals surface area contributed by atoms with Crippen molar-refractivity contribution >= 4 is 22.2 Å². The van der Waals surface area contributed by atoms with Gasteiger partial charge in [0, 0.05) is 29.6 Å². The van der Waals surface area contributed by atoms with Crippen LogP contribution in [0.4, 0.5) is 18.9 Å². The zero-order valence-corrected chi connectivity index (χ0v) is 20.2. The molecule has 37 heavy (non-hydrogen) atoms. The number of nitrogens with one attached hydrogen (secondary N) is 1. The molecule has 0 aliphatic carbocycles. The van der Waals surface area contributed by atoms with Gasteiger partial charge >= 0.3 is 6.18 Å². The van der Waals surface area contributed by atoms with Crippen molar-refractivity contribution in [2.24, 2.45) is 5.73 Å². The second-order valence-corrected chi connectivity index (χ2v) is 10.8. The Morgan fingerprint density at radius 2 is 1.78 bits per heavy atom. The van der Waals surface area contributed by atoms with Crippen LogP contribution >= 0.6 is 10.6 Å². The van der Waals surface area contributed by atoms with Crippen molar-refractivity contribution in [3.8, 4) is 16.8 Å². The summed E-state index contributed by atoms with van der Waals surface area (Å²) in [5.41, 5.74) is 7.78. The van der Waals surface area contributed by atoms with Crippen molar-refractivity contribution in [3.05, 3.63) is 95.3 Å². The predicted molar refractivity (Wildman–Crippen MR) is 136 cm³/mol. The molecule has 11 heteroatoms. The highest BCUT2D eigenvalue weighted by Crippen LogP contribution is 2.58. The largest absolute Gasteiger partial charge is 0.435 e. The number of hydrogen-bond donors (Lipinski definition) is 4. The van der Waals surface area contributed by atoms with Crippen molar-refractivity contribution < 1.29 is 27.1 Å². The quantitative estimate of drug-likeness (QED) is 0.256. The minimum Gasteiger partial charge on any atom is -0.326 e. The first-order valence-corrected chi connectivity index (χ1v) is 13.0. The van der Waals surface area contributed by atoms with Gasteiger partial charge in [-0.3, -0.25) is 13.9 Å². The number of amides is 1. The summed E-state index contributed by atoms with van der Waals surface area (Å²) in [6, 6.07) is 19.3. The lowest BCUT2D eigenvalue weighted by molar-refractivity contribution is -0.141. The molecule has 0 unspecified atom stereocenters. The molecule has 0 bridgehead atoms. The number of benzene rings is 3. The molecule has 1 aromatic heterocycles. The van der Waals surface area contributed by atoms with Crippen LogP contribution in [-0.2, 0) is 19.1 Å². The van der Waals surface area contributed by atoms with E-state index in [0.717, 1.165) is 15.8 Å². The van der Waals surface area contributed by atoms with Crippen LogP contribution in [0.25, 0.3) is 16.8 Å². The third kappa shape index (κ3) is 4.86. The Balaban J connectivity index is 1.45. The molecule has 5 rings (SSSR count). The summed E-state index contributed by atoms with van der Waals surface area (Å²) in [7, 11) is -2.87. The summed E-state index contributed by atoms with van der Waals surface area (Å²) in [4.78, 5) is 13.6. The maximum absolute atomic E-state index is 13.4. The first-order chi connectivity index (χ1) is 17.6. The fraction of sp³-hybridized carbons (Fsp3) is 0.154. The lowest BCUT2D eigenvalue weighted by Gasteiger charge is -2.29. The maximum Gasteiger partial charge on any atom is 0.435 e.